The van der Waals surface area contributed by atoms with Crippen LogP contribution < -0.4 is 11.1 Å². The van der Waals surface area contributed by atoms with Crippen molar-refractivity contribution < 1.29 is 4.79 Å². The van der Waals surface area contributed by atoms with E-state index in [0.717, 1.165) is 16.8 Å². The highest BCUT2D eigenvalue weighted by atomic mass is 16.1. The Morgan fingerprint density at radius 2 is 2.33 bits per heavy atom. The molecular formula is C9H12N2O. The number of carbonyl (C=O) groups excluding carboxylic acids is 1. The van der Waals surface area contributed by atoms with E-state index in [1.54, 1.807) is 0 Å². The van der Waals surface area contributed by atoms with Gasteiger partial charge in [-0.05, 0) is 24.1 Å². The summed E-state index contributed by atoms with van der Waals surface area (Å²) in [5, 5.41) is 2.61. The van der Waals surface area contributed by atoms with Gasteiger partial charge < -0.3 is 11.1 Å². The molecule has 0 aromatic heterocycles. The molecule has 0 fully saturated rings. The largest absolute Gasteiger partial charge is 0.328 e. The second kappa shape index (κ2) is 3.88. The van der Waals surface area contributed by atoms with Crippen LogP contribution >= 0.6 is 0 Å². The molecule has 0 spiro atoms. The predicted molar refractivity (Wildman–Crippen MR) is 48.8 cm³/mol. The Labute approximate surface area is 71.6 Å². The molecule has 0 unspecified atom stereocenters. The number of hydrogen-bond donors (Lipinski definition) is 2. The average molecular weight is 164 g/mol. The molecule has 0 aliphatic carbocycles. The first kappa shape index (κ1) is 8.74. The molecule has 64 valence electrons. The Morgan fingerprint density at radius 3 is 2.92 bits per heavy atom. The van der Waals surface area contributed by atoms with Crippen LogP contribution in [0.3, 0.4) is 0 Å². The van der Waals surface area contributed by atoms with Gasteiger partial charge in [0.25, 0.3) is 0 Å². The zero-order valence-electron chi connectivity index (χ0n) is 7.00. The van der Waals surface area contributed by atoms with Crippen LogP contribution in [0.2, 0.25) is 0 Å². The van der Waals surface area contributed by atoms with Gasteiger partial charge in [-0.15, -0.1) is 0 Å². The monoisotopic (exact) mass is 164 g/mol. The minimum absolute atomic E-state index is 0.500. The van der Waals surface area contributed by atoms with Gasteiger partial charge in [0.15, 0.2) is 0 Å². The Hall–Kier alpha value is -1.35. The molecule has 1 aromatic rings. The van der Waals surface area contributed by atoms with Crippen molar-refractivity contribution in [1.82, 2.24) is 0 Å². The summed E-state index contributed by atoms with van der Waals surface area (Å²) < 4.78 is 0. The second-order valence-electron chi connectivity index (χ2n) is 2.56. The van der Waals surface area contributed by atoms with Crippen molar-refractivity contribution in [2.45, 2.75) is 13.5 Å². The third kappa shape index (κ3) is 1.62. The van der Waals surface area contributed by atoms with E-state index in [1.165, 1.54) is 0 Å². The van der Waals surface area contributed by atoms with E-state index < -0.39 is 0 Å². The van der Waals surface area contributed by atoms with E-state index in [-0.39, 0.29) is 0 Å². The lowest BCUT2D eigenvalue weighted by molar-refractivity contribution is -0.105. The van der Waals surface area contributed by atoms with Crippen molar-refractivity contribution in [3.63, 3.8) is 0 Å². The molecule has 3 nitrogen and oxygen atoms in total. The van der Waals surface area contributed by atoms with E-state index in [1.807, 2.05) is 25.1 Å². The molecule has 0 aliphatic rings. The molecular weight excluding hydrogens is 152 g/mol. The highest BCUT2D eigenvalue weighted by Gasteiger charge is 2.00. The predicted octanol–water partition coefficient (Wildman–Crippen LogP) is 1.02. The van der Waals surface area contributed by atoms with Gasteiger partial charge in [-0.25, -0.2) is 0 Å². The van der Waals surface area contributed by atoms with Crippen molar-refractivity contribution in [1.29, 1.82) is 0 Å². The summed E-state index contributed by atoms with van der Waals surface area (Å²) in [6.07, 6.45) is 0.669. The highest BCUT2D eigenvalue weighted by molar-refractivity contribution is 5.73. The standard InChI is InChI=1S/C9H12N2O/c1-7-8(5-10)3-2-4-9(7)11-6-12/h2-4,6H,5,10H2,1H3,(H,11,12). The lowest BCUT2D eigenvalue weighted by atomic mass is 10.1. The average Bonchev–Trinajstić information content (AvgIpc) is 2.09. The van der Waals surface area contributed by atoms with E-state index in [2.05, 4.69) is 5.32 Å². The van der Waals surface area contributed by atoms with Crippen LogP contribution in [0.15, 0.2) is 18.2 Å². The molecule has 0 radical (unpaired) electrons. The molecule has 0 bridgehead atoms. The highest BCUT2D eigenvalue weighted by Crippen LogP contribution is 2.17. The van der Waals surface area contributed by atoms with Gasteiger partial charge in [0.05, 0.1) is 0 Å². The summed E-state index contributed by atoms with van der Waals surface area (Å²) in [7, 11) is 0. The number of rotatable bonds is 3. The van der Waals surface area contributed by atoms with Gasteiger partial charge in [0, 0.05) is 12.2 Å². The van der Waals surface area contributed by atoms with Crippen molar-refractivity contribution >= 4 is 12.1 Å². The Balaban J connectivity index is 3.04. The zero-order chi connectivity index (χ0) is 8.97. The van der Waals surface area contributed by atoms with E-state index >= 15 is 0 Å². The molecule has 12 heavy (non-hydrogen) atoms. The first-order chi connectivity index (χ1) is 5.79. The van der Waals surface area contributed by atoms with Crippen LogP contribution in [0.5, 0.6) is 0 Å². The first-order valence-corrected chi connectivity index (χ1v) is 3.78. The second-order valence-corrected chi connectivity index (χ2v) is 2.56. The summed E-state index contributed by atoms with van der Waals surface area (Å²) in [5.74, 6) is 0. The van der Waals surface area contributed by atoms with Crippen molar-refractivity contribution in [3.05, 3.63) is 29.3 Å². The molecule has 0 heterocycles. The summed E-state index contributed by atoms with van der Waals surface area (Å²) in [6.45, 7) is 2.44. The van der Waals surface area contributed by atoms with E-state index in [9.17, 15) is 4.79 Å². The number of hydrogen-bond acceptors (Lipinski definition) is 2. The maximum Gasteiger partial charge on any atom is 0.211 e. The van der Waals surface area contributed by atoms with Gasteiger partial charge >= 0.3 is 0 Å². The van der Waals surface area contributed by atoms with Gasteiger partial charge in [-0.1, -0.05) is 12.1 Å². The first-order valence-electron chi connectivity index (χ1n) is 3.78. The van der Waals surface area contributed by atoms with Crippen LogP contribution in [0.1, 0.15) is 11.1 Å². The number of benzene rings is 1. The molecule has 1 amide bonds. The SMILES string of the molecule is Cc1c(CN)cccc1NC=O. The molecule has 1 rings (SSSR count). The third-order valence-corrected chi connectivity index (χ3v) is 1.88. The fourth-order valence-corrected chi connectivity index (χ4v) is 1.12. The molecule has 1 aromatic carbocycles. The lowest BCUT2D eigenvalue weighted by Crippen LogP contribution is -2.03. The van der Waals surface area contributed by atoms with Crippen molar-refractivity contribution in [3.8, 4) is 0 Å². The Morgan fingerprint density at radius 1 is 1.58 bits per heavy atom. The van der Waals surface area contributed by atoms with Gasteiger partial charge in [-0.3, -0.25) is 4.79 Å². The zero-order valence-corrected chi connectivity index (χ0v) is 7.00. The fourth-order valence-electron chi connectivity index (χ4n) is 1.12. The van der Waals surface area contributed by atoms with Crippen molar-refractivity contribution in [2.24, 2.45) is 5.73 Å². The van der Waals surface area contributed by atoms with E-state index in [4.69, 9.17) is 5.73 Å². The van der Waals surface area contributed by atoms with Crippen LogP contribution in [0.4, 0.5) is 5.69 Å². The fraction of sp³-hybridized carbons (Fsp3) is 0.222. The van der Waals surface area contributed by atoms with Crippen LogP contribution in [0.25, 0.3) is 0 Å². The molecule has 0 saturated heterocycles. The van der Waals surface area contributed by atoms with E-state index in [0.29, 0.717) is 13.0 Å². The number of amides is 1. The van der Waals surface area contributed by atoms with Gasteiger partial charge in [-0.2, -0.15) is 0 Å². The van der Waals surface area contributed by atoms with Crippen LogP contribution in [-0.2, 0) is 11.3 Å². The Bertz CT molecular complexity index is 284. The lowest BCUT2D eigenvalue weighted by Gasteiger charge is -2.07. The molecule has 0 saturated carbocycles. The maximum absolute atomic E-state index is 10.2. The smallest absolute Gasteiger partial charge is 0.211 e. The minimum atomic E-state index is 0.500. The summed E-state index contributed by atoms with van der Waals surface area (Å²) in [4.78, 5) is 10.2. The van der Waals surface area contributed by atoms with Crippen molar-refractivity contribution in [2.75, 3.05) is 5.32 Å². The maximum atomic E-state index is 10.2. The summed E-state index contributed by atoms with van der Waals surface area (Å²) >= 11 is 0. The topological polar surface area (TPSA) is 55.1 Å². The van der Waals surface area contributed by atoms with Crippen LogP contribution in [-0.4, -0.2) is 6.41 Å². The molecule has 0 aliphatic heterocycles. The molecule has 0 atom stereocenters. The number of nitrogens with two attached hydrogens (primary N) is 1. The quantitative estimate of drug-likeness (QED) is 0.655. The summed E-state index contributed by atoms with van der Waals surface area (Å²) in [5.41, 5.74) is 8.42. The number of anilines is 1. The van der Waals surface area contributed by atoms with Crippen LogP contribution in [0, 0.1) is 6.92 Å². The third-order valence-electron chi connectivity index (χ3n) is 1.88. The van der Waals surface area contributed by atoms with Gasteiger partial charge in [0.2, 0.25) is 6.41 Å². The minimum Gasteiger partial charge on any atom is -0.328 e. The Kier molecular flexibility index (Phi) is 2.82. The normalized spacial score (nSPS) is 9.50. The molecule has 3 N–H and O–H groups in total. The van der Waals surface area contributed by atoms with Gasteiger partial charge in [0.1, 0.15) is 0 Å². The summed E-state index contributed by atoms with van der Waals surface area (Å²) in [6, 6.07) is 5.68. The number of carbonyl (C=O) groups is 1. The molecule has 3 heteroatoms. The number of nitrogens with one attached hydrogen (secondary N) is 1.